The number of allylic oxidation sites excluding steroid dienone is 6. The Bertz CT molecular complexity index is 1110. The van der Waals surface area contributed by atoms with E-state index in [1.807, 2.05) is 39.0 Å². The Morgan fingerprint density at radius 3 is 2.35 bits per heavy atom. The van der Waals surface area contributed by atoms with E-state index in [9.17, 15) is 5.11 Å². The fraction of sp³-hybridized carbons (Fsp3) is 0.433. The van der Waals surface area contributed by atoms with Crippen molar-refractivity contribution in [3.8, 4) is 11.5 Å². The van der Waals surface area contributed by atoms with Crippen LogP contribution >= 0.6 is 0 Å². The molecule has 182 valence electrons. The highest BCUT2D eigenvalue weighted by molar-refractivity contribution is 6.15. The first kappa shape index (κ1) is 25.8. The van der Waals surface area contributed by atoms with E-state index in [0.29, 0.717) is 18.1 Å². The Kier molecular flexibility index (Phi) is 8.73. The normalized spacial score (nSPS) is 18.2. The van der Waals surface area contributed by atoms with E-state index in [0.717, 1.165) is 59.6 Å². The minimum atomic E-state index is -0.626. The predicted octanol–water partition coefficient (Wildman–Crippen LogP) is 7.93. The van der Waals surface area contributed by atoms with Crippen LogP contribution in [0.3, 0.4) is 0 Å². The third kappa shape index (κ3) is 6.38. The molecule has 1 heterocycles. The lowest BCUT2D eigenvalue weighted by Crippen LogP contribution is -2.28. The van der Waals surface area contributed by atoms with Gasteiger partial charge in [-0.1, -0.05) is 28.9 Å². The number of nitrogens with zero attached hydrogens (tertiary/aromatic N) is 1. The van der Waals surface area contributed by atoms with Crippen molar-refractivity contribution < 1.29 is 14.6 Å². The first-order chi connectivity index (χ1) is 16.2. The van der Waals surface area contributed by atoms with Crippen LogP contribution in [-0.2, 0) is 0 Å². The van der Waals surface area contributed by atoms with Crippen molar-refractivity contribution in [2.75, 3.05) is 6.61 Å². The van der Waals surface area contributed by atoms with E-state index >= 15 is 0 Å². The quantitative estimate of drug-likeness (QED) is 0.380. The van der Waals surface area contributed by atoms with Crippen LogP contribution in [0.1, 0.15) is 74.1 Å². The van der Waals surface area contributed by atoms with Crippen molar-refractivity contribution in [2.24, 2.45) is 4.99 Å². The van der Waals surface area contributed by atoms with E-state index in [2.05, 4.69) is 45.9 Å². The Morgan fingerprint density at radius 1 is 0.971 bits per heavy atom. The average molecular weight is 462 g/mol. The highest BCUT2D eigenvalue weighted by atomic mass is 16.5. The van der Waals surface area contributed by atoms with Crippen LogP contribution in [0.5, 0.6) is 11.5 Å². The van der Waals surface area contributed by atoms with Gasteiger partial charge >= 0.3 is 0 Å². The predicted molar refractivity (Wildman–Crippen MR) is 142 cm³/mol. The second kappa shape index (κ2) is 11.5. The molecule has 0 amide bonds. The highest BCUT2D eigenvalue weighted by Crippen LogP contribution is 2.41. The van der Waals surface area contributed by atoms with Crippen LogP contribution in [0, 0.1) is 0 Å². The van der Waals surface area contributed by atoms with Crippen molar-refractivity contribution in [2.45, 2.75) is 80.3 Å². The number of rotatable bonds is 9. The van der Waals surface area contributed by atoms with Gasteiger partial charge in [-0.05, 0) is 104 Å². The molecular formula is C30H39NO3. The van der Waals surface area contributed by atoms with Crippen LogP contribution in [0.4, 0.5) is 5.69 Å². The Balaban J connectivity index is 1.56. The summed E-state index contributed by atoms with van der Waals surface area (Å²) in [4.78, 5) is 4.80. The van der Waals surface area contributed by atoms with E-state index in [1.54, 1.807) is 0 Å². The second-order valence-electron chi connectivity index (χ2n) is 9.69. The van der Waals surface area contributed by atoms with Gasteiger partial charge in [0.1, 0.15) is 29.9 Å². The van der Waals surface area contributed by atoms with Gasteiger partial charge in [-0.3, -0.25) is 0 Å². The summed E-state index contributed by atoms with van der Waals surface area (Å²) in [5.41, 5.74) is 8.43. The van der Waals surface area contributed by atoms with Gasteiger partial charge in [-0.2, -0.15) is 0 Å². The van der Waals surface area contributed by atoms with Gasteiger partial charge in [0.2, 0.25) is 0 Å². The lowest BCUT2D eigenvalue weighted by atomic mass is 9.88. The molecule has 0 fully saturated rings. The summed E-state index contributed by atoms with van der Waals surface area (Å²) < 4.78 is 12.1. The Hall–Kier alpha value is -2.85. The van der Waals surface area contributed by atoms with Crippen LogP contribution < -0.4 is 9.47 Å². The molecule has 0 bridgehead atoms. The van der Waals surface area contributed by atoms with E-state index in [1.165, 1.54) is 16.7 Å². The molecule has 0 saturated carbocycles. The van der Waals surface area contributed by atoms with Gasteiger partial charge < -0.3 is 14.6 Å². The maximum absolute atomic E-state index is 10.5. The molecular weight excluding hydrogens is 422 g/mol. The largest absolute Gasteiger partial charge is 0.489 e. The molecule has 0 aromatic heterocycles. The molecule has 0 saturated heterocycles. The summed E-state index contributed by atoms with van der Waals surface area (Å²) in [6, 6.07) is 5.74. The number of fused-ring (bicyclic) bond motifs is 2. The zero-order chi connectivity index (χ0) is 24.8. The summed E-state index contributed by atoms with van der Waals surface area (Å²) in [5.74, 6) is 2.05. The summed E-state index contributed by atoms with van der Waals surface area (Å²) in [6.07, 6.45) is 10.5. The van der Waals surface area contributed by atoms with Crippen LogP contribution in [0.2, 0.25) is 0 Å². The molecule has 4 nitrogen and oxygen atoms in total. The lowest BCUT2D eigenvalue weighted by molar-refractivity contribution is 0.237. The monoisotopic (exact) mass is 461 g/mol. The summed E-state index contributed by atoms with van der Waals surface area (Å²) in [6.45, 7) is 15.0. The van der Waals surface area contributed by atoms with Gasteiger partial charge in [0.15, 0.2) is 11.5 Å². The molecule has 1 atom stereocenters. The Morgan fingerprint density at radius 2 is 1.65 bits per heavy atom. The van der Waals surface area contributed by atoms with Gasteiger partial charge in [-0.15, -0.1) is 0 Å². The van der Waals surface area contributed by atoms with Crippen molar-refractivity contribution in [3.05, 3.63) is 75.6 Å². The zero-order valence-corrected chi connectivity index (χ0v) is 21.8. The average Bonchev–Trinajstić information content (AvgIpc) is 2.80. The van der Waals surface area contributed by atoms with Gasteiger partial charge in [0.25, 0.3) is 0 Å². The maximum atomic E-state index is 10.5. The SMILES string of the molecule is CC(C)=CCCC(C)=CCCC(C)=CCOc1ccc2c(c1)OC1=C(C)C(O)C(C)=C(C)C1=N2. The van der Waals surface area contributed by atoms with Crippen molar-refractivity contribution in [1.29, 1.82) is 0 Å². The topological polar surface area (TPSA) is 51.0 Å². The summed E-state index contributed by atoms with van der Waals surface area (Å²) in [7, 11) is 0. The standard InChI is InChI=1S/C30H39NO3/c1-19(2)10-8-11-20(3)12-9-13-21(4)16-17-33-25-14-15-26-27(18-25)34-30-24(7)29(32)23(6)22(5)28(30)31-26/h10,12,14-16,18,29,32H,8-9,11,13,17H2,1-7H3. The molecule has 34 heavy (non-hydrogen) atoms. The molecule has 3 rings (SSSR count). The minimum Gasteiger partial charge on any atom is -0.489 e. The molecule has 1 aromatic carbocycles. The molecule has 1 N–H and O–H groups in total. The van der Waals surface area contributed by atoms with E-state index < -0.39 is 6.10 Å². The first-order valence-electron chi connectivity index (χ1n) is 12.2. The lowest BCUT2D eigenvalue weighted by Gasteiger charge is -2.29. The van der Waals surface area contributed by atoms with E-state index in [-0.39, 0.29) is 0 Å². The third-order valence-corrected chi connectivity index (χ3v) is 6.52. The molecule has 0 spiro atoms. The molecule has 0 radical (unpaired) electrons. The van der Waals surface area contributed by atoms with Gasteiger partial charge in [0.05, 0.1) is 0 Å². The van der Waals surface area contributed by atoms with Gasteiger partial charge in [0, 0.05) is 11.6 Å². The minimum absolute atomic E-state index is 0.518. The number of ether oxygens (including phenoxy) is 2. The van der Waals surface area contributed by atoms with Crippen LogP contribution in [0.15, 0.2) is 80.6 Å². The molecule has 1 aromatic rings. The fourth-order valence-electron chi connectivity index (χ4n) is 4.07. The number of aliphatic hydroxyl groups excluding tert-OH is 1. The smallest absolute Gasteiger partial charge is 0.156 e. The van der Waals surface area contributed by atoms with Crippen LogP contribution in [-0.4, -0.2) is 23.5 Å². The second-order valence-corrected chi connectivity index (χ2v) is 9.69. The number of hydrogen-bond donors (Lipinski definition) is 1. The van der Waals surface area contributed by atoms with Crippen LogP contribution in [0.25, 0.3) is 0 Å². The fourth-order valence-corrected chi connectivity index (χ4v) is 4.07. The van der Waals surface area contributed by atoms with Gasteiger partial charge in [-0.25, -0.2) is 4.99 Å². The molecule has 4 heteroatoms. The molecule has 2 aliphatic rings. The number of aliphatic imine (C=N–C) groups is 1. The van der Waals surface area contributed by atoms with Crippen molar-refractivity contribution in [3.63, 3.8) is 0 Å². The Labute approximate surface area is 205 Å². The maximum Gasteiger partial charge on any atom is 0.156 e. The first-order valence-corrected chi connectivity index (χ1v) is 12.2. The van der Waals surface area contributed by atoms with Crippen molar-refractivity contribution >= 4 is 11.4 Å². The number of benzene rings is 1. The molecule has 1 aliphatic carbocycles. The van der Waals surface area contributed by atoms with E-state index in [4.69, 9.17) is 14.5 Å². The number of aliphatic hydroxyl groups is 1. The molecule has 1 aliphatic heterocycles. The summed E-state index contributed by atoms with van der Waals surface area (Å²) in [5, 5.41) is 10.5. The zero-order valence-electron chi connectivity index (χ0n) is 21.8. The number of hydrogen-bond acceptors (Lipinski definition) is 4. The van der Waals surface area contributed by atoms with Crippen molar-refractivity contribution in [1.82, 2.24) is 0 Å². The third-order valence-electron chi connectivity index (χ3n) is 6.52. The highest BCUT2D eigenvalue weighted by Gasteiger charge is 2.31. The molecule has 1 unspecified atom stereocenters. The summed E-state index contributed by atoms with van der Waals surface area (Å²) >= 11 is 0.